The zero-order chi connectivity index (χ0) is 21.9. The van der Waals surface area contributed by atoms with Gasteiger partial charge in [0, 0.05) is 38.8 Å². The molecule has 0 aromatic heterocycles. The number of non-ortho nitro benzene ring substituents is 1. The van der Waals surface area contributed by atoms with Crippen molar-refractivity contribution in [1.29, 1.82) is 0 Å². The minimum atomic E-state index is -4.38. The predicted octanol–water partition coefficient (Wildman–Crippen LogP) is 4.10. The molecular formula is C20H19F4N3O3. The highest BCUT2D eigenvalue weighted by Gasteiger charge is 2.30. The van der Waals surface area contributed by atoms with Crippen LogP contribution in [0.3, 0.4) is 0 Å². The molecule has 0 aliphatic carbocycles. The van der Waals surface area contributed by atoms with E-state index in [1.165, 1.54) is 17.0 Å². The lowest BCUT2D eigenvalue weighted by atomic mass is 10.1. The maximum absolute atomic E-state index is 14.2. The number of hydrogen-bond donors (Lipinski definition) is 0. The molecule has 1 saturated heterocycles. The number of rotatable bonds is 4. The summed E-state index contributed by atoms with van der Waals surface area (Å²) < 4.78 is 52.2. The second kappa shape index (κ2) is 8.78. The fourth-order valence-electron chi connectivity index (χ4n) is 3.35. The molecule has 0 unspecified atom stereocenters. The summed E-state index contributed by atoms with van der Waals surface area (Å²) in [6.45, 7) is 2.25. The average Bonchev–Trinajstić information content (AvgIpc) is 2.92. The molecule has 2 aromatic carbocycles. The molecule has 1 heterocycles. The highest BCUT2D eigenvalue weighted by molar-refractivity contribution is 5.94. The van der Waals surface area contributed by atoms with Gasteiger partial charge in [0.2, 0.25) is 0 Å². The molecule has 0 N–H and O–H groups in total. The van der Waals surface area contributed by atoms with Crippen LogP contribution in [0.5, 0.6) is 0 Å². The Kier molecular flexibility index (Phi) is 6.35. The molecule has 0 saturated carbocycles. The molecule has 6 nitrogen and oxygen atoms in total. The van der Waals surface area contributed by atoms with Gasteiger partial charge >= 0.3 is 6.18 Å². The topological polar surface area (TPSA) is 66.7 Å². The Labute approximate surface area is 169 Å². The van der Waals surface area contributed by atoms with Crippen LogP contribution in [0, 0.1) is 15.9 Å². The quantitative estimate of drug-likeness (QED) is 0.420. The summed E-state index contributed by atoms with van der Waals surface area (Å²) in [6, 6.07) is 7.88. The number of benzene rings is 2. The van der Waals surface area contributed by atoms with Crippen molar-refractivity contribution in [1.82, 2.24) is 9.80 Å². The smallest absolute Gasteiger partial charge is 0.337 e. The molecule has 1 fully saturated rings. The third-order valence-corrected chi connectivity index (χ3v) is 4.96. The van der Waals surface area contributed by atoms with Gasteiger partial charge in [0.15, 0.2) is 0 Å². The molecular weight excluding hydrogens is 406 g/mol. The van der Waals surface area contributed by atoms with Gasteiger partial charge in [0.25, 0.3) is 11.6 Å². The monoisotopic (exact) mass is 425 g/mol. The van der Waals surface area contributed by atoms with E-state index in [0.717, 1.165) is 35.9 Å². The Hall–Kier alpha value is -3.01. The Morgan fingerprint density at radius 3 is 2.33 bits per heavy atom. The van der Waals surface area contributed by atoms with Crippen LogP contribution in [0.25, 0.3) is 0 Å². The van der Waals surface area contributed by atoms with Gasteiger partial charge in [-0.2, -0.15) is 13.2 Å². The number of alkyl halides is 3. The second-order valence-electron chi connectivity index (χ2n) is 7.04. The minimum absolute atomic E-state index is 0.225. The molecule has 1 amide bonds. The Morgan fingerprint density at radius 1 is 1.03 bits per heavy atom. The summed E-state index contributed by atoms with van der Waals surface area (Å²) in [5, 5.41) is 10.7. The molecule has 3 rings (SSSR count). The van der Waals surface area contributed by atoms with Crippen molar-refractivity contribution in [2.45, 2.75) is 19.1 Å². The van der Waals surface area contributed by atoms with E-state index in [2.05, 4.69) is 0 Å². The lowest BCUT2D eigenvalue weighted by Crippen LogP contribution is -2.35. The number of amides is 1. The number of nitro groups is 1. The Balaban J connectivity index is 1.62. The van der Waals surface area contributed by atoms with E-state index in [4.69, 9.17) is 0 Å². The SMILES string of the molecule is O=C(c1ccc([N+](=O)[O-])cc1F)N1CCCN(Cc2ccc(C(F)(F)F)cc2)CC1. The van der Waals surface area contributed by atoms with Crippen molar-refractivity contribution in [3.05, 3.63) is 75.1 Å². The van der Waals surface area contributed by atoms with Crippen molar-refractivity contribution in [2.75, 3.05) is 26.2 Å². The number of nitro benzene ring substituents is 1. The van der Waals surface area contributed by atoms with E-state index < -0.39 is 34.1 Å². The summed E-state index contributed by atoms with van der Waals surface area (Å²) in [6.07, 6.45) is -3.77. The molecule has 10 heteroatoms. The minimum Gasteiger partial charge on any atom is -0.337 e. The van der Waals surface area contributed by atoms with E-state index in [1.54, 1.807) is 0 Å². The first-order valence-electron chi connectivity index (χ1n) is 9.27. The second-order valence-corrected chi connectivity index (χ2v) is 7.04. The van der Waals surface area contributed by atoms with Gasteiger partial charge < -0.3 is 4.90 Å². The summed E-state index contributed by atoms with van der Waals surface area (Å²) in [7, 11) is 0. The van der Waals surface area contributed by atoms with Gasteiger partial charge in [-0.1, -0.05) is 12.1 Å². The van der Waals surface area contributed by atoms with Crippen LogP contribution >= 0.6 is 0 Å². The van der Waals surface area contributed by atoms with Gasteiger partial charge in [-0.3, -0.25) is 19.8 Å². The van der Waals surface area contributed by atoms with E-state index in [0.29, 0.717) is 39.1 Å². The Bertz CT molecular complexity index is 932. The van der Waals surface area contributed by atoms with E-state index in [1.807, 2.05) is 4.90 Å². The molecule has 2 aromatic rings. The van der Waals surface area contributed by atoms with Crippen LogP contribution in [0.4, 0.5) is 23.2 Å². The maximum Gasteiger partial charge on any atom is 0.416 e. The van der Waals surface area contributed by atoms with Crippen molar-refractivity contribution in [3.8, 4) is 0 Å². The van der Waals surface area contributed by atoms with Crippen molar-refractivity contribution >= 4 is 11.6 Å². The van der Waals surface area contributed by atoms with Crippen molar-refractivity contribution < 1.29 is 27.3 Å². The van der Waals surface area contributed by atoms with Crippen molar-refractivity contribution in [2.24, 2.45) is 0 Å². The largest absolute Gasteiger partial charge is 0.416 e. The van der Waals surface area contributed by atoms with Crippen LogP contribution in [0.1, 0.15) is 27.9 Å². The van der Waals surface area contributed by atoms with E-state index in [9.17, 15) is 32.5 Å². The third-order valence-electron chi connectivity index (χ3n) is 4.96. The van der Waals surface area contributed by atoms with Gasteiger partial charge in [-0.15, -0.1) is 0 Å². The van der Waals surface area contributed by atoms with Gasteiger partial charge in [0.1, 0.15) is 5.82 Å². The number of carbonyl (C=O) groups excluding carboxylic acids is 1. The molecule has 0 atom stereocenters. The predicted molar refractivity (Wildman–Crippen MR) is 100 cm³/mol. The molecule has 30 heavy (non-hydrogen) atoms. The summed E-state index contributed by atoms with van der Waals surface area (Å²) in [5.41, 5.74) is -0.632. The average molecular weight is 425 g/mol. The summed E-state index contributed by atoms with van der Waals surface area (Å²) in [4.78, 5) is 26.1. The maximum atomic E-state index is 14.2. The Morgan fingerprint density at radius 2 is 1.73 bits per heavy atom. The van der Waals surface area contributed by atoms with Crippen molar-refractivity contribution in [3.63, 3.8) is 0 Å². The van der Waals surface area contributed by atoms with Crippen LogP contribution in [-0.2, 0) is 12.7 Å². The molecule has 160 valence electrons. The summed E-state index contributed by atoms with van der Waals surface area (Å²) in [5.74, 6) is -1.49. The number of halogens is 4. The number of carbonyl (C=O) groups is 1. The zero-order valence-corrected chi connectivity index (χ0v) is 15.9. The lowest BCUT2D eigenvalue weighted by Gasteiger charge is -2.22. The van der Waals surface area contributed by atoms with E-state index in [-0.39, 0.29) is 5.56 Å². The third kappa shape index (κ3) is 5.12. The number of nitrogens with zero attached hydrogens (tertiary/aromatic N) is 3. The molecule has 1 aliphatic heterocycles. The van der Waals surface area contributed by atoms with Gasteiger partial charge in [0.05, 0.1) is 22.1 Å². The van der Waals surface area contributed by atoms with Gasteiger partial charge in [-0.05, 0) is 30.2 Å². The fourth-order valence-corrected chi connectivity index (χ4v) is 3.35. The molecule has 0 spiro atoms. The van der Waals surface area contributed by atoms with E-state index >= 15 is 0 Å². The first kappa shape index (κ1) is 21.7. The molecule has 0 bridgehead atoms. The molecule has 0 radical (unpaired) electrons. The fraction of sp³-hybridized carbons (Fsp3) is 0.350. The lowest BCUT2D eigenvalue weighted by molar-refractivity contribution is -0.385. The molecule has 1 aliphatic rings. The normalized spacial score (nSPS) is 15.7. The number of hydrogen-bond acceptors (Lipinski definition) is 4. The highest BCUT2D eigenvalue weighted by atomic mass is 19.4. The standard InChI is InChI=1S/C20H19F4N3O3/c21-18-12-16(27(29)30)6-7-17(18)19(28)26-9-1-8-25(10-11-26)13-14-2-4-15(5-3-14)20(22,23)24/h2-7,12H,1,8-11,13H2. The van der Waals surface area contributed by atoms with Crippen LogP contribution in [-0.4, -0.2) is 46.8 Å². The highest BCUT2D eigenvalue weighted by Crippen LogP contribution is 2.29. The van der Waals surface area contributed by atoms with Gasteiger partial charge in [-0.25, -0.2) is 4.39 Å². The summed E-state index contributed by atoms with van der Waals surface area (Å²) >= 11 is 0. The van der Waals surface area contributed by atoms with Crippen LogP contribution in [0.2, 0.25) is 0 Å². The van der Waals surface area contributed by atoms with Crippen LogP contribution < -0.4 is 0 Å². The first-order chi connectivity index (χ1) is 14.1. The first-order valence-corrected chi connectivity index (χ1v) is 9.27. The zero-order valence-electron chi connectivity index (χ0n) is 15.9. The van der Waals surface area contributed by atoms with Crippen LogP contribution in [0.15, 0.2) is 42.5 Å².